The van der Waals surface area contributed by atoms with Gasteiger partial charge in [0.2, 0.25) is 11.9 Å². The third kappa shape index (κ3) is 5.60. The number of thioether (sulfide) groups is 1. The summed E-state index contributed by atoms with van der Waals surface area (Å²) in [6.45, 7) is 2.95. The molecular weight excluding hydrogens is 410 g/mol. The Morgan fingerprint density at radius 2 is 2.10 bits per heavy atom. The molecule has 2 N–H and O–H groups in total. The number of anilines is 2. The second-order valence-corrected chi connectivity index (χ2v) is 8.78. The van der Waals surface area contributed by atoms with Crippen molar-refractivity contribution in [2.45, 2.75) is 24.0 Å². The monoisotopic (exact) mass is 431 g/mol. The Morgan fingerprint density at radius 3 is 3.00 bits per heavy atom. The first-order chi connectivity index (χ1) is 14.2. The van der Waals surface area contributed by atoms with Gasteiger partial charge < -0.3 is 24.6 Å². The van der Waals surface area contributed by atoms with Crippen LogP contribution in [0.25, 0.3) is 0 Å². The largest absolute Gasteiger partial charge is 0.454 e. The summed E-state index contributed by atoms with van der Waals surface area (Å²) in [5, 5.41) is 22.5. The maximum Gasteiger partial charge on any atom is 0.231 e. The molecule has 0 fully saturated rings. The van der Waals surface area contributed by atoms with Crippen molar-refractivity contribution in [2.24, 2.45) is 0 Å². The van der Waals surface area contributed by atoms with Crippen molar-refractivity contribution in [2.75, 3.05) is 24.5 Å². The minimum atomic E-state index is -0.592. The van der Waals surface area contributed by atoms with E-state index in [0.717, 1.165) is 32.2 Å². The summed E-state index contributed by atoms with van der Waals surface area (Å²) >= 11 is 2.92. The molecular formula is C20H21N3O4S2. The molecule has 0 aliphatic carbocycles. The van der Waals surface area contributed by atoms with E-state index in [0.29, 0.717) is 12.4 Å². The number of aliphatic hydroxyl groups is 1. The molecule has 0 saturated heterocycles. The zero-order valence-corrected chi connectivity index (χ0v) is 17.5. The number of benzene rings is 2. The van der Waals surface area contributed by atoms with Crippen molar-refractivity contribution in [1.29, 1.82) is 0 Å². The zero-order valence-electron chi connectivity index (χ0n) is 15.8. The highest BCUT2D eigenvalue weighted by Crippen LogP contribution is 2.32. The van der Waals surface area contributed by atoms with Crippen LogP contribution in [0.15, 0.2) is 46.8 Å². The van der Waals surface area contributed by atoms with Gasteiger partial charge in [0.15, 0.2) is 15.8 Å². The van der Waals surface area contributed by atoms with Gasteiger partial charge in [-0.15, -0.1) is 10.2 Å². The van der Waals surface area contributed by atoms with Crippen molar-refractivity contribution < 1.29 is 19.3 Å². The number of aromatic nitrogens is 2. The van der Waals surface area contributed by atoms with E-state index in [4.69, 9.17) is 14.2 Å². The molecule has 29 heavy (non-hydrogen) atoms. The van der Waals surface area contributed by atoms with Crippen LogP contribution in [-0.2, 0) is 11.3 Å². The lowest BCUT2D eigenvalue weighted by Gasteiger charge is -2.10. The van der Waals surface area contributed by atoms with E-state index in [-0.39, 0.29) is 13.4 Å². The average molecular weight is 432 g/mol. The van der Waals surface area contributed by atoms with Gasteiger partial charge in [0.05, 0.1) is 19.3 Å². The number of nitrogens with one attached hydrogen (secondary N) is 1. The summed E-state index contributed by atoms with van der Waals surface area (Å²) in [6, 6.07) is 13.8. The SMILES string of the molecule is Cc1cccc(Nc2nnc(SCC(O)COCc3ccc4c(c3)OCO4)s2)c1. The molecule has 1 aromatic heterocycles. The molecule has 1 aliphatic rings. The van der Waals surface area contributed by atoms with Gasteiger partial charge in [0.25, 0.3) is 0 Å². The Kier molecular flexibility index (Phi) is 6.50. The highest BCUT2D eigenvalue weighted by atomic mass is 32.2. The predicted octanol–water partition coefficient (Wildman–Crippen LogP) is 3.99. The number of aryl methyl sites for hydroxylation is 1. The normalized spacial score (nSPS) is 13.4. The molecule has 1 atom stereocenters. The molecule has 7 nitrogen and oxygen atoms in total. The second-order valence-electron chi connectivity index (χ2n) is 6.54. The fourth-order valence-electron chi connectivity index (χ4n) is 2.72. The lowest BCUT2D eigenvalue weighted by Crippen LogP contribution is -2.17. The molecule has 3 aromatic rings. The van der Waals surface area contributed by atoms with Gasteiger partial charge in [0.1, 0.15) is 0 Å². The first kappa shape index (κ1) is 20.0. The molecule has 2 aromatic carbocycles. The van der Waals surface area contributed by atoms with Crippen molar-refractivity contribution in [1.82, 2.24) is 10.2 Å². The highest BCUT2D eigenvalue weighted by Gasteiger charge is 2.14. The standard InChI is InChI=1S/C20H21N3O4S2/c1-13-3-2-4-15(7-13)21-19-22-23-20(29-19)28-11-16(24)10-25-9-14-5-6-17-18(8-14)27-12-26-17/h2-8,16,24H,9-12H2,1H3,(H,21,22). The van der Waals surface area contributed by atoms with E-state index in [2.05, 4.69) is 21.6 Å². The molecule has 0 bridgehead atoms. The second kappa shape index (κ2) is 9.45. The Bertz CT molecular complexity index is 966. The van der Waals surface area contributed by atoms with Crippen LogP contribution >= 0.6 is 23.1 Å². The van der Waals surface area contributed by atoms with Crippen molar-refractivity contribution in [3.8, 4) is 11.5 Å². The van der Waals surface area contributed by atoms with Gasteiger partial charge >= 0.3 is 0 Å². The van der Waals surface area contributed by atoms with Crippen molar-refractivity contribution in [3.05, 3.63) is 53.6 Å². The number of aliphatic hydroxyl groups excluding tert-OH is 1. The molecule has 152 valence electrons. The number of rotatable bonds is 9. The summed E-state index contributed by atoms with van der Waals surface area (Å²) in [5.41, 5.74) is 3.14. The summed E-state index contributed by atoms with van der Waals surface area (Å²) in [6.07, 6.45) is -0.592. The number of nitrogens with zero attached hydrogens (tertiary/aromatic N) is 2. The summed E-state index contributed by atoms with van der Waals surface area (Å²) in [5.74, 6) is 1.97. The van der Waals surface area contributed by atoms with E-state index < -0.39 is 6.10 Å². The van der Waals surface area contributed by atoms with Crippen LogP contribution in [0, 0.1) is 6.92 Å². The van der Waals surface area contributed by atoms with Gasteiger partial charge in [-0.1, -0.05) is 41.3 Å². The van der Waals surface area contributed by atoms with Gasteiger partial charge in [-0.05, 0) is 42.3 Å². The number of hydrogen-bond acceptors (Lipinski definition) is 9. The Labute approximate surface area is 177 Å². The van der Waals surface area contributed by atoms with Crippen LogP contribution < -0.4 is 14.8 Å². The van der Waals surface area contributed by atoms with Crippen molar-refractivity contribution >= 4 is 33.9 Å². The quantitative estimate of drug-likeness (QED) is 0.492. The van der Waals surface area contributed by atoms with E-state index in [9.17, 15) is 5.11 Å². The van der Waals surface area contributed by atoms with Crippen LogP contribution in [0.4, 0.5) is 10.8 Å². The predicted molar refractivity (Wildman–Crippen MR) is 113 cm³/mol. The Balaban J connectivity index is 1.19. The molecule has 0 spiro atoms. The number of fused-ring (bicyclic) bond motifs is 1. The minimum absolute atomic E-state index is 0.245. The lowest BCUT2D eigenvalue weighted by molar-refractivity contribution is 0.0397. The van der Waals surface area contributed by atoms with Crippen LogP contribution in [0.3, 0.4) is 0 Å². The summed E-state index contributed by atoms with van der Waals surface area (Å²) in [4.78, 5) is 0. The fraction of sp³-hybridized carbons (Fsp3) is 0.300. The van der Waals surface area contributed by atoms with Crippen molar-refractivity contribution in [3.63, 3.8) is 0 Å². The van der Waals surface area contributed by atoms with Crippen LogP contribution in [0.5, 0.6) is 11.5 Å². The molecule has 1 aliphatic heterocycles. The van der Waals surface area contributed by atoms with E-state index >= 15 is 0 Å². The molecule has 4 rings (SSSR count). The molecule has 0 amide bonds. The molecule has 9 heteroatoms. The van der Waals surface area contributed by atoms with Crippen LogP contribution in [0.1, 0.15) is 11.1 Å². The van der Waals surface area contributed by atoms with Gasteiger partial charge in [-0.25, -0.2) is 0 Å². The van der Waals surface area contributed by atoms with E-state index in [1.807, 2.05) is 43.3 Å². The maximum absolute atomic E-state index is 10.2. The van der Waals surface area contributed by atoms with Gasteiger partial charge in [0, 0.05) is 11.4 Å². The molecule has 2 heterocycles. The van der Waals surface area contributed by atoms with Gasteiger partial charge in [-0.2, -0.15) is 0 Å². The third-order valence-corrected chi connectivity index (χ3v) is 6.21. The molecule has 1 unspecified atom stereocenters. The Morgan fingerprint density at radius 1 is 1.21 bits per heavy atom. The summed E-state index contributed by atoms with van der Waals surface area (Å²) in [7, 11) is 0. The first-order valence-corrected chi connectivity index (χ1v) is 10.9. The van der Waals surface area contributed by atoms with E-state index in [1.165, 1.54) is 28.7 Å². The maximum atomic E-state index is 10.2. The van der Waals surface area contributed by atoms with Crippen LogP contribution in [-0.4, -0.2) is 40.6 Å². The smallest absolute Gasteiger partial charge is 0.231 e. The number of hydrogen-bond donors (Lipinski definition) is 2. The third-order valence-electron chi connectivity index (χ3n) is 4.09. The zero-order chi connectivity index (χ0) is 20.1. The minimum Gasteiger partial charge on any atom is -0.454 e. The highest BCUT2D eigenvalue weighted by molar-refractivity contribution is 8.01. The fourth-order valence-corrected chi connectivity index (χ4v) is 4.43. The molecule has 0 saturated carbocycles. The van der Waals surface area contributed by atoms with Gasteiger partial charge in [-0.3, -0.25) is 0 Å². The first-order valence-electron chi connectivity index (χ1n) is 9.10. The number of ether oxygens (including phenoxy) is 3. The average Bonchev–Trinajstić information content (AvgIpc) is 3.35. The van der Waals surface area contributed by atoms with Crippen LogP contribution in [0.2, 0.25) is 0 Å². The van der Waals surface area contributed by atoms with E-state index in [1.54, 1.807) is 0 Å². The lowest BCUT2D eigenvalue weighted by atomic mass is 10.2. The molecule has 0 radical (unpaired) electrons. The Hall–Kier alpha value is -2.33. The topological polar surface area (TPSA) is 85.7 Å². The summed E-state index contributed by atoms with van der Waals surface area (Å²) < 4.78 is 17.1.